The number of amides is 2. The third-order valence-electron chi connectivity index (χ3n) is 2.64. The minimum Gasteiger partial charge on any atom is -0.504 e. The van der Waals surface area contributed by atoms with E-state index in [-0.39, 0.29) is 24.1 Å². The van der Waals surface area contributed by atoms with Gasteiger partial charge in [0.15, 0.2) is 11.5 Å². The number of likely N-dealkylation sites (N-methyl/N-ethyl adjacent to an activating group) is 2. The zero-order valence-electron chi connectivity index (χ0n) is 11.5. The fourth-order valence-electron chi connectivity index (χ4n) is 1.46. The summed E-state index contributed by atoms with van der Waals surface area (Å²) >= 11 is 0. The average Bonchev–Trinajstić information content (AvgIpc) is 2.37. The van der Waals surface area contributed by atoms with Gasteiger partial charge in [-0.1, -0.05) is 0 Å². The standard InChI is InChI=1S/C13H18N2O4/c1-14(2)12(17)8-15(3)13(18)9-5-6-11(19-4)10(16)7-9/h5-7,16H,8H2,1-4H3. The lowest BCUT2D eigenvalue weighted by atomic mass is 10.2. The SMILES string of the molecule is COc1ccc(C(=O)N(C)CC(=O)N(C)C)cc1O. The third-order valence-corrected chi connectivity index (χ3v) is 2.64. The summed E-state index contributed by atoms with van der Waals surface area (Å²) in [5.41, 5.74) is 0.298. The van der Waals surface area contributed by atoms with Gasteiger partial charge in [-0.25, -0.2) is 0 Å². The van der Waals surface area contributed by atoms with Crippen molar-refractivity contribution in [2.75, 3.05) is 34.8 Å². The van der Waals surface area contributed by atoms with Crippen LogP contribution in [0.15, 0.2) is 18.2 Å². The van der Waals surface area contributed by atoms with Crippen LogP contribution in [0.3, 0.4) is 0 Å². The molecule has 0 heterocycles. The average molecular weight is 266 g/mol. The number of methoxy groups -OCH3 is 1. The molecule has 0 fully saturated rings. The highest BCUT2D eigenvalue weighted by Gasteiger charge is 2.17. The topological polar surface area (TPSA) is 70.1 Å². The van der Waals surface area contributed by atoms with Crippen LogP contribution in [-0.4, -0.2) is 61.5 Å². The predicted molar refractivity (Wildman–Crippen MR) is 70.3 cm³/mol. The summed E-state index contributed by atoms with van der Waals surface area (Å²) in [4.78, 5) is 26.3. The Kier molecular flexibility index (Phi) is 4.74. The first-order chi connectivity index (χ1) is 8.86. The number of ether oxygens (including phenoxy) is 1. The van der Waals surface area contributed by atoms with E-state index in [4.69, 9.17) is 4.74 Å². The van der Waals surface area contributed by atoms with Gasteiger partial charge in [-0.05, 0) is 18.2 Å². The van der Waals surface area contributed by atoms with E-state index >= 15 is 0 Å². The number of phenolic OH excluding ortho intramolecular Hbond substituents is 1. The fourth-order valence-corrected chi connectivity index (χ4v) is 1.46. The molecule has 0 aliphatic heterocycles. The molecule has 0 saturated carbocycles. The molecule has 104 valence electrons. The summed E-state index contributed by atoms with van der Waals surface area (Å²) in [6.07, 6.45) is 0. The first-order valence-electron chi connectivity index (χ1n) is 5.69. The Morgan fingerprint density at radius 1 is 1.26 bits per heavy atom. The highest BCUT2D eigenvalue weighted by Crippen LogP contribution is 2.26. The van der Waals surface area contributed by atoms with Crippen molar-refractivity contribution in [3.63, 3.8) is 0 Å². The molecular formula is C13H18N2O4. The van der Waals surface area contributed by atoms with Crippen molar-refractivity contribution in [3.8, 4) is 11.5 Å². The molecule has 1 aromatic rings. The van der Waals surface area contributed by atoms with Gasteiger partial charge in [0, 0.05) is 26.7 Å². The maximum absolute atomic E-state index is 12.1. The van der Waals surface area contributed by atoms with Gasteiger partial charge < -0.3 is 19.6 Å². The van der Waals surface area contributed by atoms with E-state index in [0.717, 1.165) is 0 Å². The lowest BCUT2D eigenvalue weighted by molar-refractivity contribution is -0.129. The lowest BCUT2D eigenvalue weighted by Gasteiger charge is -2.19. The van der Waals surface area contributed by atoms with Gasteiger partial charge in [0.25, 0.3) is 5.91 Å². The number of phenols is 1. The summed E-state index contributed by atoms with van der Waals surface area (Å²) < 4.78 is 4.90. The number of carbonyl (C=O) groups is 2. The first kappa shape index (κ1) is 14.8. The van der Waals surface area contributed by atoms with Gasteiger partial charge in [0.2, 0.25) is 5.91 Å². The third kappa shape index (κ3) is 3.61. The molecule has 19 heavy (non-hydrogen) atoms. The zero-order chi connectivity index (χ0) is 14.6. The van der Waals surface area contributed by atoms with Gasteiger partial charge in [-0.15, -0.1) is 0 Å². The van der Waals surface area contributed by atoms with Crippen LogP contribution in [0.4, 0.5) is 0 Å². The highest BCUT2D eigenvalue weighted by atomic mass is 16.5. The Labute approximate surface area is 112 Å². The molecule has 1 N–H and O–H groups in total. The first-order valence-corrected chi connectivity index (χ1v) is 5.69. The molecule has 0 spiro atoms. The molecular weight excluding hydrogens is 248 g/mol. The van der Waals surface area contributed by atoms with E-state index in [1.54, 1.807) is 14.1 Å². The van der Waals surface area contributed by atoms with Crippen molar-refractivity contribution in [3.05, 3.63) is 23.8 Å². The highest BCUT2D eigenvalue weighted by molar-refractivity contribution is 5.96. The lowest BCUT2D eigenvalue weighted by Crippen LogP contribution is -2.37. The second-order valence-corrected chi connectivity index (χ2v) is 4.34. The number of hydrogen-bond donors (Lipinski definition) is 1. The van der Waals surface area contributed by atoms with Crippen LogP contribution < -0.4 is 4.74 Å². The molecule has 1 aromatic carbocycles. The van der Waals surface area contributed by atoms with Crippen LogP contribution in [0.5, 0.6) is 11.5 Å². The van der Waals surface area contributed by atoms with Crippen molar-refractivity contribution in [1.29, 1.82) is 0 Å². The molecule has 1 rings (SSSR count). The van der Waals surface area contributed by atoms with Gasteiger partial charge in [0.1, 0.15) is 0 Å². The van der Waals surface area contributed by atoms with E-state index in [9.17, 15) is 14.7 Å². The Balaban J connectivity index is 2.82. The molecule has 6 heteroatoms. The smallest absolute Gasteiger partial charge is 0.254 e. The number of hydrogen-bond acceptors (Lipinski definition) is 4. The Bertz CT molecular complexity index is 486. The van der Waals surface area contributed by atoms with Crippen LogP contribution in [0.2, 0.25) is 0 Å². The molecule has 0 aliphatic rings. The molecule has 6 nitrogen and oxygen atoms in total. The van der Waals surface area contributed by atoms with Crippen LogP contribution in [0, 0.1) is 0 Å². The van der Waals surface area contributed by atoms with Crippen molar-refractivity contribution in [1.82, 2.24) is 9.80 Å². The number of rotatable bonds is 4. The van der Waals surface area contributed by atoms with Crippen LogP contribution in [-0.2, 0) is 4.79 Å². The van der Waals surface area contributed by atoms with Crippen molar-refractivity contribution in [2.24, 2.45) is 0 Å². The van der Waals surface area contributed by atoms with Crippen LogP contribution >= 0.6 is 0 Å². The molecule has 2 amide bonds. The second kappa shape index (κ2) is 6.08. The van der Waals surface area contributed by atoms with Crippen molar-refractivity contribution >= 4 is 11.8 Å². The normalized spacial score (nSPS) is 9.89. The Morgan fingerprint density at radius 3 is 2.37 bits per heavy atom. The van der Waals surface area contributed by atoms with Gasteiger partial charge >= 0.3 is 0 Å². The number of nitrogens with zero attached hydrogens (tertiary/aromatic N) is 2. The zero-order valence-corrected chi connectivity index (χ0v) is 11.5. The Morgan fingerprint density at radius 2 is 1.89 bits per heavy atom. The molecule has 0 bridgehead atoms. The minimum absolute atomic E-state index is 0.0153. The summed E-state index contributed by atoms with van der Waals surface area (Å²) in [5, 5.41) is 9.62. The van der Waals surface area contributed by atoms with E-state index < -0.39 is 0 Å². The van der Waals surface area contributed by atoms with Crippen molar-refractivity contribution < 1.29 is 19.4 Å². The van der Waals surface area contributed by atoms with Gasteiger partial charge in [-0.3, -0.25) is 9.59 Å². The molecule has 0 saturated heterocycles. The Hall–Kier alpha value is -2.24. The van der Waals surface area contributed by atoms with Crippen LogP contribution in [0.1, 0.15) is 10.4 Å². The molecule has 0 unspecified atom stereocenters. The van der Waals surface area contributed by atoms with Crippen molar-refractivity contribution in [2.45, 2.75) is 0 Å². The maximum Gasteiger partial charge on any atom is 0.254 e. The van der Waals surface area contributed by atoms with E-state index in [1.165, 1.54) is 42.2 Å². The molecule has 0 aliphatic carbocycles. The largest absolute Gasteiger partial charge is 0.504 e. The second-order valence-electron chi connectivity index (χ2n) is 4.34. The van der Waals surface area contributed by atoms with E-state index in [2.05, 4.69) is 0 Å². The maximum atomic E-state index is 12.1. The summed E-state index contributed by atoms with van der Waals surface area (Å²) in [5.74, 6) is -0.328. The quantitative estimate of drug-likeness (QED) is 0.864. The molecule has 0 atom stereocenters. The van der Waals surface area contributed by atoms with E-state index in [1.807, 2.05) is 0 Å². The van der Waals surface area contributed by atoms with E-state index in [0.29, 0.717) is 11.3 Å². The predicted octanol–water partition coefficient (Wildman–Crippen LogP) is 0.561. The van der Waals surface area contributed by atoms with Gasteiger partial charge in [-0.2, -0.15) is 0 Å². The fraction of sp³-hybridized carbons (Fsp3) is 0.385. The molecule has 0 radical (unpaired) electrons. The number of aromatic hydroxyl groups is 1. The minimum atomic E-state index is -0.340. The monoisotopic (exact) mass is 266 g/mol. The summed E-state index contributed by atoms with van der Waals surface area (Å²) in [7, 11) is 6.21. The van der Waals surface area contributed by atoms with Crippen LogP contribution in [0.25, 0.3) is 0 Å². The number of carbonyl (C=O) groups excluding carboxylic acids is 2. The summed E-state index contributed by atoms with van der Waals surface area (Å²) in [6, 6.07) is 4.36. The van der Waals surface area contributed by atoms with Gasteiger partial charge in [0.05, 0.1) is 13.7 Å². The number of benzene rings is 1. The molecule has 0 aromatic heterocycles. The summed E-state index contributed by atoms with van der Waals surface area (Å²) in [6.45, 7) is -0.0153.